The summed E-state index contributed by atoms with van der Waals surface area (Å²) < 4.78 is 11.0. The summed E-state index contributed by atoms with van der Waals surface area (Å²) in [6.07, 6.45) is 0. The van der Waals surface area contributed by atoms with Crippen molar-refractivity contribution in [2.45, 2.75) is 19.8 Å². The van der Waals surface area contributed by atoms with Gasteiger partial charge in [0.05, 0.1) is 19.8 Å². The van der Waals surface area contributed by atoms with Crippen molar-refractivity contribution in [1.29, 1.82) is 0 Å². The summed E-state index contributed by atoms with van der Waals surface area (Å²) in [4.78, 5) is 0. The van der Waals surface area contributed by atoms with E-state index in [0.717, 1.165) is 19.0 Å². The van der Waals surface area contributed by atoms with Gasteiger partial charge in [0, 0.05) is 5.41 Å². The first-order chi connectivity index (χ1) is 8.13. The molecule has 2 N–H and O–H groups in total. The molecule has 0 amide bonds. The van der Waals surface area contributed by atoms with Gasteiger partial charge in [-0.25, -0.2) is 0 Å². The predicted molar refractivity (Wildman–Crippen MR) is 68.3 cm³/mol. The third-order valence-electron chi connectivity index (χ3n) is 3.27. The highest BCUT2D eigenvalue weighted by molar-refractivity contribution is 5.30. The van der Waals surface area contributed by atoms with Gasteiger partial charge in [0.2, 0.25) is 0 Å². The Morgan fingerprint density at radius 1 is 1.47 bits per heavy atom. The molecule has 1 atom stereocenters. The lowest BCUT2D eigenvalue weighted by Gasteiger charge is -2.37. The van der Waals surface area contributed by atoms with Crippen LogP contribution in [-0.4, -0.2) is 26.4 Å². The van der Waals surface area contributed by atoms with Crippen LogP contribution < -0.4 is 10.5 Å². The van der Waals surface area contributed by atoms with E-state index in [9.17, 15) is 0 Å². The number of nitrogens with two attached hydrogens (primary N) is 1. The summed E-state index contributed by atoms with van der Waals surface area (Å²) in [6, 6.07) is 8.20. The van der Waals surface area contributed by atoms with Gasteiger partial charge < -0.3 is 15.2 Å². The van der Waals surface area contributed by atoms with Crippen LogP contribution in [0.2, 0.25) is 0 Å². The molecule has 1 aliphatic rings. The Bertz CT molecular complexity index is 374. The van der Waals surface area contributed by atoms with Gasteiger partial charge in [0.15, 0.2) is 0 Å². The minimum absolute atomic E-state index is 0.190. The molecule has 3 heteroatoms. The Balaban J connectivity index is 1.96. The lowest BCUT2D eigenvalue weighted by atomic mass is 9.90. The fourth-order valence-electron chi connectivity index (χ4n) is 1.84. The van der Waals surface area contributed by atoms with Crippen molar-refractivity contribution >= 4 is 0 Å². The predicted octanol–water partition coefficient (Wildman–Crippen LogP) is 2.16. The van der Waals surface area contributed by atoms with Crippen LogP contribution in [0.15, 0.2) is 24.3 Å². The standard InChI is InChI=1S/C14H21NO2/c1-11(7-15)12-4-3-5-13(6-12)17-10-14(2)8-16-9-14/h3-6,11H,7-10,15H2,1-2H3. The summed E-state index contributed by atoms with van der Waals surface area (Å²) in [7, 11) is 0. The minimum atomic E-state index is 0.190. The number of hydrogen-bond donors (Lipinski definition) is 1. The van der Waals surface area contributed by atoms with Gasteiger partial charge in [-0.2, -0.15) is 0 Å². The Morgan fingerprint density at radius 2 is 2.24 bits per heavy atom. The smallest absolute Gasteiger partial charge is 0.119 e. The molecule has 1 saturated heterocycles. The van der Waals surface area contributed by atoms with Crippen LogP contribution >= 0.6 is 0 Å². The highest BCUT2D eigenvalue weighted by Gasteiger charge is 2.34. The Morgan fingerprint density at radius 3 is 2.82 bits per heavy atom. The molecule has 3 nitrogen and oxygen atoms in total. The zero-order valence-corrected chi connectivity index (χ0v) is 10.6. The van der Waals surface area contributed by atoms with E-state index in [0.29, 0.717) is 19.1 Å². The van der Waals surface area contributed by atoms with Crippen LogP contribution in [0.5, 0.6) is 5.75 Å². The molecule has 0 aromatic heterocycles. The van der Waals surface area contributed by atoms with Gasteiger partial charge in [-0.1, -0.05) is 26.0 Å². The van der Waals surface area contributed by atoms with E-state index in [1.165, 1.54) is 5.56 Å². The molecule has 1 heterocycles. The van der Waals surface area contributed by atoms with Crippen LogP contribution in [0.3, 0.4) is 0 Å². The van der Waals surface area contributed by atoms with E-state index in [1.54, 1.807) is 0 Å². The summed E-state index contributed by atoms with van der Waals surface area (Å²) in [5.74, 6) is 1.30. The topological polar surface area (TPSA) is 44.5 Å². The maximum Gasteiger partial charge on any atom is 0.119 e. The number of rotatable bonds is 5. The van der Waals surface area contributed by atoms with Gasteiger partial charge in [0.1, 0.15) is 5.75 Å². The zero-order valence-electron chi connectivity index (χ0n) is 10.6. The lowest BCUT2D eigenvalue weighted by molar-refractivity contribution is -0.120. The maximum absolute atomic E-state index is 5.83. The van der Waals surface area contributed by atoms with Crippen molar-refractivity contribution in [1.82, 2.24) is 0 Å². The molecule has 94 valence electrons. The summed E-state index contributed by atoms with van der Waals surface area (Å²) in [6.45, 7) is 7.28. The third-order valence-corrected chi connectivity index (χ3v) is 3.27. The van der Waals surface area contributed by atoms with E-state index < -0.39 is 0 Å². The van der Waals surface area contributed by atoms with Gasteiger partial charge in [-0.3, -0.25) is 0 Å². The van der Waals surface area contributed by atoms with Crippen molar-refractivity contribution < 1.29 is 9.47 Å². The van der Waals surface area contributed by atoms with E-state index in [-0.39, 0.29) is 5.41 Å². The molecule has 1 aliphatic heterocycles. The van der Waals surface area contributed by atoms with E-state index in [4.69, 9.17) is 15.2 Å². The van der Waals surface area contributed by atoms with E-state index in [1.807, 2.05) is 12.1 Å². The van der Waals surface area contributed by atoms with Gasteiger partial charge in [-0.15, -0.1) is 0 Å². The molecule has 1 aromatic rings. The molecule has 0 radical (unpaired) electrons. The lowest BCUT2D eigenvalue weighted by Crippen LogP contribution is -2.44. The van der Waals surface area contributed by atoms with Crippen molar-refractivity contribution in [3.05, 3.63) is 29.8 Å². The maximum atomic E-state index is 5.83. The molecule has 1 fully saturated rings. The molecule has 17 heavy (non-hydrogen) atoms. The SMILES string of the molecule is CC(CN)c1cccc(OCC2(C)COC2)c1. The van der Waals surface area contributed by atoms with E-state index in [2.05, 4.69) is 26.0 Å². The average molecular weight is 235 g/mol. The fraction of sp³-hybridized carbons (Fsp3) is 0.571. The molecule has 1 unspecified atom stereocenters. The Kier molecular flexibility index (Phi) is 3.69. The quantitative estimate of drug-likeness (QED) is 0.850. The zero-order chi connectivity index (χ0) is 12.3. The molecular weight excluding hydrogens is 214 g/mol. The molecule has 1 aromatic carbocycles. The molecular formula is C14H21NO2. The first kappa shape index (κ1) is 12.4. The molecule has 0 spiro atoms. The Hall–Kier alpha value is -1.06. The number of ether oxygens (including phenoxy) is 2. The normalized spacial score (nSPS) is 19.5. The average Bonchev–Trinajstić information content (AvgIpc) is 2.33. The second-order valence-corrected chi connectivity index (χ2v) is 5.30. The largest absolute Gasteiger partial charge is 0.493 e. The highest BCUT2D eigenvalue weighted by Crippen LogP contribution is 2.28. The van der Waals surface area contributed by atoms with Crippen LogP contribution in [-0.2, 0) is 4.74 Å². The summed E-state index contributed by atoms with van der Waals surface area (Å²) in [5.41, 5.74) is 7.10. The second-order valence-electron chi connectivity index (χ2n) is 5.30. The minimum Gasteiger partial charge on any atom is -0.493 e. The molecule has 0 aliphatic carbocycles. The molecule has 2 rings (SSSR count). The van der Waals surface area contributed by atoms with Gasteiger partial charge >= 0.3 is 0 Å². The first-order valence-corrected chi connectivity index (χ1v) is 6.13. The second kappa shape index (κ2) is 5.07. The Labute approximate surface area is 103 Å². The van der Waals surface area contributed by atoms with Crippen LogP contribution in [0.4, 0.5) is 0 Å². The third kappa shape index (κ3) is 2.99. The van der Waals surface area contributed by atoms with Crippen LogP contribution in [0.25, 0.3) is 0 Å². The first-order valence-electron chi connectivity index (χ1n) is 6.13. The molecule has 0 bridgehead atoms. The van der Waals surface area contributed by atoms with Crippen molar-refractivity contribution in [3.8, 4) is 5.75 Å². The van der Waals surface area contributed by atoms with Crippen molar-refractivity contribution in [2.24, 2.45) is 11.1 Å². The van der Waals surface area contributed by atoms with Crippen molar-refractivity contribution in [2.75, 3.05) is 26.4 Å². The van der Waals surface area contributed by atoms with E-state index >= 15 is 0 Å². The van der Waals surface area contributed by atoms with Gasteiger partial charge in [0.25, 0.3) is 0 Å². The fourth-order valence-corrected chi connectivity index (χ4v) is 1.84. The van der Waals surface area contributed by atoms with Crippen molar-refractivity contribution in [3.63, 3.8) is 0 Å². The van der Waals surface area contributed by atoms with Crippen LogP contribution in [0.1, 0.15) is 25.3 Å². The highest BCUT2D eigenvalue weighted by atomic mass is 16.5. The number of hydrogen-bond acceptors (Lipinski definition) is 3. The molecule has 0 saturated carbocycles. The number of benzene rings is 1. The van der Waals surface area contributed by atoms with Crippen LogP contribution in [0, 0.1) is 5.41 Å². The monoisotopic (exact) mass is 235 g/mol. The summed E-state index contributed by atoms with van der Waals surface area (Å²) in [5, 5.41) is 0. The van der Waals surface area contributed by atoms with Gasteiger partial charge in [-0.05, 0) is 30.2 Å². The summed E-state index contributed by atoms with van der Waals surface area (Å²) >= 11 is 0.